The average Bonchev–Trinajstić information content (AvgIpc) is 2.88. The van der Waals surface area contributed by atoms with Crippen LogP contribution in [-0.2, 0) is 6.42 Å². The number of thioether (sulfide) groups is 2. The Labute approximate surface area is 164 Å². The number of benzene rings is 2. The molecule has 0 unspecified atom stereocenters. The van der Waals surface area contributed by atoms with Crippen molar-refractivity contribution in [2.75, 3.05) is 24.7 Å². The second kappa shape index (κ2) is 9.58. The van der Waals surface area contributed by atoms with Crippen LogP contribution in [0.5, 0.6) is 11.5 Å². The summed E-state index contributed by atoms with van der Waals surface area (Å²) in [6.45, 7) is 5.98. The molecule has 0 fully saturated rings. The first-order valence-electron chi connectivity index (χ1n) is 9.19. The van der Waals surface area contributed by atoms with Gasteiger partial charge in [-0.1, -0.05) is 38.1 Å². The fourth-order valence-electron chi connectivity index (χ4n) is 2.86. The van der Waals surface area contributed by atoms with E-state index in [1.807, 2.05) is 42.1 Å². The number of rotatable bonds is 7. The van der Waals surface area contributed by atoms with Gasteiger partial charge in [0.05, 0.1) is 6.04 Å². The number of aryl methyl sites for hydroxylation is 1. The van der Waals surface area contributed by atoms with Crippen LogP contribution in [0.25, 0.3) is 0 Å². The summed E-state index contributed by atoms with van der Waals surface area (Å²) in [6, 6.07) is 14.6. The summed E-state index contributed by atoms with van der Waals surface area (Å²) in [6.07, 6.45) is 0.860. The Morgan fingerprint density at radius 3 is 2.96 bits per heavy atom. The zero-order valence-corrected chi connectivity index (χ0v) is 17.0. The zero-order valence-electron chi connectivity index (χ0n) is 15.4. The van der Waals surface area contributed by atoms with Gasteiger partial charge in [-0.2, -0.15) is 0 Å². The fourth-order valence-corrected chi connectivity index (χ4v) is 4.93. The predicted octanol–water partition coefficient (Wildman–Crippen LogP) is 4.83. The van der Waals surface area contributed by atoms with Crippen molar-refractivity contribution in [2.24, 2.45) is 5.92 Å². The van der Waals surface area contributed by atoms with E-state index in [1.165, 1.54) is 4.90 Å². The topological polar surface area (TPSA) is 41.5 Å². The molecule has 140 valence electrons. The molecule has 0 aliphatic carbocycles. The number of hydrogen-bond acceptors (Lipinski definition) is 5. The van der Waals surface area contributed by atoms with E-state index < -0.39 is 0 Å². The zero-order chi connectivity index (χ0) is 18.4. The van der Waals surface area contributed by atoms with E-state index in [1.54, 1.807) is 11.8 Å². The highest BCUT2D eigenvalue weighted by Gasteiger charge is 2.18. The minimum atomic E-state index is 0.358. The van der Waals surface area contributed by atoms with E-state index in [0.717, 1.165) is 40.7 Å². The molecule has 0 spiro atoms. The van der Waals surface area contributed by atoms with E-state index in [4.69, 9.17) is 4.74 Å². The molecular formula is C21H27NO2S2. The smallest absolute Gasteiger partial charge is 0.132 e. The van der Waals surface area contributed by atoms with E-state index in [2.05, 4.69) is 31.3 Å². The van der Waals surface area contributed by atoms with Gasteiger partial charge in [0.2, 0.25) is 0 Å². The number of phenolic OH excluding ortho intramolecular Hbond substituents is 1. The lowest BCUT2D eigenvalue weighted by Crippen LogP contribution is -2.39. The Bertz CT molecular complexity index is 696. The Hall–Kier alpha value is -1.30. The van der Waals surface area contributed by atoms with Crippen LogP contribution in [0.2, 0.25) is 0 Å². The molecule has 3 nitrogen and oxygen atoms in total. The van der Waals surface area contributed by atoms with Gasteiger partial charge in [-0.3, -0.25) is 0 Å². The third kappa shape index (κ3) is 5.12. The van der Waals surface area contributed by atoms with Gasteiger partial charge in [-0.15, -0.1) is 23.5 Å². The number of hydrogen-bond donors (Lipinski definition) is 2. The molecule has 0 aromatic heterocycles. The highest BCUT2D eigenvalue weighted by Crippen LogP contribution is 2.33. The monoisotopic (exact) mass is 389 g/mol. The Kier molecular flexibility index (Phi) is 7.17. The first kappa shape index (κ1) is 19.5. The molecule has 0 radical (unpaired) electrons. The summed E-state index contributed by atoms with van der Waals surface area (Å²) in [5, 5.41) is 13.9. The first-order chi connectivity index (χ1) is 12.7. The number of fused-ring (bicyclic) bond motifs is 1. The van der Waals surface area contributed by atoms with Crippen molar-refractivity contribution < 1.29 is 9.84 Å². The summed E-state index contributed by atoms with van der Waals surface area (Å²) in [4.78, 5) is 2.21. The summed E-state index contributed by atoms with van der Waals surface area (Å²) < 4.78 is 5.94. The third-order valence-corrected chi connectivity index (χ3v) is 7.06. The molecule has 0 amide bonds. The quantitative estimate of drug-likeness (QED) is 0.664. The van der Waals surface area contributed by atoms with Gasteiger partial charge in [0.25, 0.3) is 0 Å². The molecule has 1 heterocycles. The molecule has 5 heteroatoms. The van der Waals surface area contributed by atoms with Crippen LogP contribution < -0.4 is 10.1 Å². The summed E-state index contributed by atoms with van der Waals surface area (Å²) in [5.74, 6) is 3.97. The van der Waals surface area contributed by atoms with Crippen LogP contribution in [0.3, 0.4) is 0 Å². The minimum absolute atomic E-state index is 0.358. The lowest BCUT2D eigenvalue weighted by Gasteiger charge is -2.19. The van der Waals surface area contributed by atoms with Gasteiger partial charge in [-0.05, 0) is 42.6 Å². The Morgan fingerprint density at radius 2 is 2.12 bits per heavy atom. The van der Waals surface area contributed by atoms with E-state index in [0.29, 0.717) is 24.3 Å². The molecular weight excluding hydrogens is 362 g/mol. The molecule has 0 saturated heterocycles. The number of nitrogens with one attached hydrogen (secondary N) is 1. The summed E-state index contributed by atoms with van der Waals surface area (Å²) >= 11 is 3.60. The average molecular weight is 390 g/mol. The van der Waals surface area contributed by atoms with Crippen LogP contribution in [0.15, 0.2) is 52.3 Å². The number of ether oxygens (including phenoxy) is 1. The molecule has 3 rings (SSSR count). The largest absolute Gasteiger partial charge is 0.506 e. The van der Waals surface area contributed by atoms with Gasteiger partial charge >= 0.3 is 0 Å². The molecule has 2 N–H and O–H groups in total. The standard InChI is InChI=1S/C21H27NO2S2/c1-3-16-7-6-10-20(21(16)23)25-13-15(2)11-22-17-12-24-18-8-4-5-9-19(18)26-14-17/h4-10,15,17,22-23H,3,11-14H2,1-2H3/t15-,17+/m0/s1. The number of aromatic hydroxyl groups is 1. The van der Waals surface area contributed by atoms with Gasteiger partial charge < -0.3 is 15.2 Å². The van der Waals surface area contributed by atoms with E-state index in [9.17, 15) is 5.11 Å². The molecule has 1 aliphatic rings. The maximum Gasteiger partial charge on any atom is 0.132 e. The SMILES string of the molecule is CCc1cccc(SC[C@@H](C)CN[C@@H]2COc3ccccc3SC2)c1O. The second-order valence-electron chi connectivity index (χ2n) is 6.71. The molecule has 0 saturated carbocycles. The Balaban J connectivity index is 1.44. The van der Waals surface area contributed by atoms with Gasteiger partial charge in [-0.25, -0.2) is 0 Å². The van der Waals surface area contributed by atoms with Gasteiger partial charge in [0, 0.05) is 21.3 Å². The summed E-state index contributed by atoms with van der Waals surface area (Å²) in [5.41, 5.74) is 1.02. The molecule has 0 bridgehead atoms. The predicted molar refractivity (Wildman–Crippen MR) is 112 cm³/mol. The number of para-hydroxylation sites is 2. The van der Waals surface area contributed by atoms with Gasteiger partial charge in [0.1, 0.15) is 18.1 Å². The molecule has 26 heavy (non-hydrogen) atoms. The van der Waals surface area contributed by atoms with Crippen molar-refractivity contribution >= 4 is 23.5 Å². The van der Waals surface area contributed by atoms with Crippen molar-refractivity contribution in [2.45, 2.75) is 36.1 Å². The van der Waals surface area contributed by atoms with Crippen molar-refractivity contribution in [3.05, 3.63) is 48.0 Å². The lowest BCUT2D eigenvalue weighted by atomic mass is 10.1. The lowest BCUT2D eigenvalue weighted by molar-refractivity contribution is 0.270. The molecule has 2 atom stereocenters. The molecule has 1 aliphatic heterocycles. The molecule has 2 aromatic carbocycles. The highest BCUT2D eigenvalue weighted by molar-refractivity contribution is 7.99. The second-order valence-corrected chi connectivity index (χ2v) is 8.83. The van der Waals surface area contributed by atoms with Crippen LogP contribution in [0.1, 0.15) is 19.4 Å². The van der Waals surface area contributed by atoms with Crippen molar-refractivity contribution in [3.63, 3.8) is 0 Å². The maximum atomic E-state index is 10.3. The third-order valence-electron chi connectivity index (χ3n) is 4.47. The van der Waals surface area contributed by atoms with E-state index >= 15 is 0 Å². The van der Waals surface area contributed by atoms with Crippen molar-refractivity contribution in [1.29, 1.82) is 0 Å². The molecule has 2 aromatic rings. The first-order valence-corrected chi connectivity index (χ1v) is 11.2. The van der Waals surface area contributed by atoms with Crippen molar-refractivity contribution in [3.8, 4) is 11.5 Å². The minimum Gasteiger partial charge on any atom is -0.506 e. The fraction of sp³-hybridized carbons (Fsp3) is 0.429. The van der Waals surface area contributed by atoms with Crippen molar-refractivity contribution in [1.82, 2.24) is 5.32 Å². The highest BCUT2D eigenvalue weighted by atomic mass is 32.2. The van der Waals surface area contributed by atoms with Crippen LogP contribution in [0.4, 0.5) is 0 Å². The number of phenols is 1. The van der Waals surface area contributed by atoms with Crippen LogP contribution >= 0.6 is 23.5 Å². The maximum absolute atomic E-state index is 10.3. The van der Waals surface area contributed by atoms with Crippen LogP contribution in [-0.4, -0.2) is 35.8 Å². The van der Waals surface area contributed by atoms with Gasteiger partial charge in [0.15, 0.2) is 0 Å². The van der Waals surface area contributed by atoms with E-state index in [-0.39, 0.29) is 0 Å². The normalized spacial score (nSPS) is 17.8. The summed E-state index contributed by atoms with van der Waals surface area (Å²) in [7, 11) is 0. The Morgan fingerprint density at radius 1 is 1.27 bits per heavy atom. The van der Waals surface area contributed by atoms with Crippen LogP contribution in [0, 0.1) is 5.92 Å².